The van der Waals surface area contributed by atoms with Crippen molar-refractivity contribution in [2.24, 2.45) is 11.3 Å². The molecule has 2 aromatic rings. The first kappa shape index (κ1) is 14.4. The number of nitrogens with zero attached hydrogens (tertiary/aromatic N) is 2. The number of imidazole rings is 1. The van der Waals surface area contributed by atoms with E-state index in [1.807, 2.05) is 0 Å². The first-order valence-corrected chi connectivity index (χ1v) is 7.38. The van der Waals surface area contributed by atoms with Crippen molar-refractivity contribution in [2.75, 3.05) is 0 Å². The van der Waals surface area contributed by atoms with Gasteiger partial charge in [-0.2, -0.15) is 0 Å². The zero-order valence-corrected chi connectivity index (χ0v) is 13.3. The van der Waals surface area contributed by atoms with E-state index >= 15 is 0 Å². The Bertz CT molecular complexity index is 578. The Kier molecular flexibility index (Phi) is 3.91. The lowest BCUT2D eigenvalue weighted by Crippen LogP contribution is -2.23. The molecule has 1 heterocycles. The zero-order chi connectivity index (χ0) is 14.2. The van der Waals surface area contributed by atoms with Gasteiger partial charge in [0.1, 0.15) is 5.82 Å². The molecule has 3 heteroatoms. The number of halogens is 1. The van der Waals surface area contributed by atoms with E-state index in [1.54, 1.807) is 0 Å². The standard InChI is InChI=1S/C16H23ClN2/c1-11-6-7-14-13(8-11)18-15(9-17)19(14)10-12(2)16(3,4)5/h6-8,12H,9-10H2,1-5H3. The minimum atomic E-state index is 0.283. The summed E-state index contributed by atoms with van der Waals surface area (Å²) in [5.41, 5.74) is 3.77. The Morgan fingerprint density at radius 3 is 2.58 bits per heavy atom. The van der Waals surface area contributed by atoms with Gasteiger partial charge in [0.2, 0.25) is 0 Å². The van der Waals surface area contributed by atoms with Gasteiger partial charge in [0.15, 0.2) is 0 Å². The van der Waals surface area contributed by atoms with Crippen LogP contribution in [0.5, 0.6) is 0 Å². The van der Waals surface area contributed by atoms with Gasteiger partial charge in [-0.15, -0.1) is 11.6 Å². The fourth-order valence-corrected chi connectivity index (χ4v) is 2.35. The number of hydrogen-bond donors (Lipinski definition) is 0. The van der Waals surface area contributed by atoms with Gasteiger partial charge < -0.3 is 4.57 Å². The lowest BCUT2D eigenvalue weighted by Gasteiger charge is -2.28. The van der Waals surface area contributed by atoms with Gasteiger partial charge in [0.05, 0.1) is 16.9 Å². The molecular formula is C16H23ClN2. The van der Waals surface area contributed by atoms with E-state index in [0.717, 1.165) is 17.9 Å². The highest BCUT2D eigenvalue weighted by molar-refractivity contribution is 6.16. The summed E-state index contributed by atoms with van der Waals surface area (Å²) in [6, 6.07) is 6.42. The molecule has 1 aromatic carbocycles. The van der Waals surface area contributed by atoms with E-state index in [4.69, 9.17) is 11.6 Å². The van der Waals surface area contributed by atoms with E-state index in [1.165, 1.54) is 11.1 Å². The van der Waals surface area contributed by atoms with E-state index in [2.05, 4.69) is 62.4 Å². The molecule has 0 aliphatic rings. The Balaban J connectivity index is 2.46. The van der Waals surface area contributed by atoms with Gasteiger partial charge in [0, 0.05) is 6.54 Å². The number of aromatic nitrogens is 2. The third-order valence-corrected chi connectivity index (χ3v) is 4.28. The monoisotopic (exact) mass is 278 g/mol. The molecule has 0 amide bonds. The maximum Gasteiger partial charge on any atom is 0.124 e. The molecule has 2 rings (SSSR count). The second kappa shape index (κ2) is 5.16. The van der Waals surface area contributed by atoms with E-state index in [0.29, 0.717) is 11.8 Å². The first-order valence-electron chi connectivity index (χ1n) is 6.84. The van der Waals surface area contributed by atoms with Crippen molar-refractivity contribution in [1.29, 1.82) is 0 Å². The zero-order valence-electron chi connectivity index (χ0n) is 12.5. The lowest BCUT2D eigenvalue weighted by atomic mass is 9.82. The predicted octanol–water partition coefficient (Wildman–Crippen LogP) is 4.77. The molecule has 0 bridgehead atoms. The van der Waals surface area contributed by atoms with Crippen LogP contribution in [-0.2, 0) is 12.4 Å². The first-order chi connectivity index (χ1) is 8.82. The summed E-state index contributed by atoms with van der Waals surface area (Å²) >= 11 is 6.06. The molecule has 0 radical (unpaired) electrons. The summed E-state index contributed by atoms with van der Waals surface area (Å²) in [5.74, 6) is 2.00. The van der Waals surface area contributed by atoms with Gasteiger partial charge in [-0.1, -0.05) is 33.8 Å². The second-order valence-corrected chi connectivity index (χ2v) is 6.80. The van der Waals surface area contributed by atoms with Crippen LogP contribution in [0.15, 0.2) is 18.2 Å². The summed E-state index contributed by atoms with van der Waals surface area (Å²) < 4.78 is 2.28. The molecule has 1 aromatic heterocycles. The van der Waals surface area contributed by atoms with Crippen molar-refractivity contribution in [1.82, 2.24) is 9.55 Å². The SMILES string of the molecule is Cc1ccc2c(c1)nc(CCl)n2CC(C)C(C)(C)C. The van der Waals surface area contributed by atoms with Crippen LogP contribution in [0.1, 0.15) is 39.1 Å². The van der Waals surface area contributed by atoms with Crippen molar-refractivity contribution in [3.63, 3.8) is 0 Å². The average Bonchev–Trinajstić information content (AvgIpc) is 2.65. The Morgan fingerprint density at radius 2 is 2.00 bits per heavy atom. The fourth-order valence-electron chi connectivity index (χ4n) is 2.14. The van der Waals surface area contributed by atoms with Crippen molar-refractivity contribution in [2.45, 2.75) is 47.0 Å². The molecule has 0 fully saturated rings. The molecular weight excluding hydrogens is 256 g/mol. The minimum Gasteiger partial charge on any atom is -0.327 e. The molecule has 19 heavy (non-hydrogen) atoms. The van der Waals surface area contributed by atoms with Gasteiger partial charge in [-0.05, 0) is 36.0 Å². The highest BCUT2D eigenvalue weighted by Crippen LogP contribution is 2.29. The van der Waals surface area contributed by atoms with E-state index in [9.17, 15) is 0 Å². The molecule has 104 valence electrons. The topological polar surface area (TPSA) is 17.8 Å². The average molecular weight is 279 g/mol. The molecule has 0 saturated heterocycles. The van der Waals surface area contributed by atoms with Crippen LogP contribution in [0.4, 0.5) is 0 Å². The maximum atomic E-state index is 6.06. The van der Waals surface area contributed by atoms with Gasteiger partial charge in [-0.3, -0.25) is 0 Å². The minimum absolute atomic E-state index is 0.283. The second-order valence-electron chi connectivity index (χ2n) is 6.53. The molecule has 0 spiro atoms. The summed E-state index contributed by atoms with van der Waals surface area (Å²) in [6.45, 7) is 12.2. The van der Waals surface area contributed by atoms with Gasteiger partial charge in [-0.25, -0.2) is 4.98 Å². The smallest absolute Gasteiger partial charge is 0.124 e. The van der Waals surface area contributed by atoms with E-state index in [-0.39, 0.29) is 5.41 Å². The van der Waals surface area contributed by atoms with Crippen LogP contribution >= 0.6 is 11.6 Å². The van der Waals surface area contributed by atoms with Crippen LogP contribution in [0.25, 0.3) is 11.0 Å². The number of benzene rings is 1. The quantitative estimate of drug-likeness (QED) is 0.740. The molecule has 0 N–H and O–H groups in total. The van der Waals surface area contributed by atoms with Crippen molar-refractivity contribution >= 4 is 22.6 Å². The van der Waals surface area contributed by atoms with E-state index < -0.39 is 0 Å². The third-order valence-electron chi connectivity index (χ3n) is 4.04. The number of hydrogen-bond acceptors (Lipinski definition) is 1. The number of rotatable bonds is 3. The van der Waals surface area contributed by atoms with Crippen molar-refractivity contribution < 1.29 is 0 Å². The summed E-state index contributed by atoms with van der Waals surface area (Å²) in [4.78, 5) is 4.66. The number of alkyl halides is 1. The highest BCUT2D eigenvalue weighted by atomic mass is 35.5. The molecule has 0 aliphatic heterocycles. The Hall–Kier alpha value is -1.02. The third kappa shape index (κ3) is 2.94. The Labute approximate surface area is 120 Å². The van der Waals surface area contributed by atoms with Crippen LogP contribution in [-0.4, -0.2) is 9.55 Å². The molecule has 1 atom stereocenters. The van der Waals surface area contributed by atoms with Crippen molar-refractivity contribution in [3.8, 4) is 0 Å². The molecule has 2 nitrogen and oxygen atoms in total. The molecule has 0 saturated carbocycles. The molecule has 1 unspecified atom stereocenters. The summed E-state index contributed by atoms with van der Waals surface area (Å²) in [6.07, 6.45) is 0. The maximum absolute atomic E-state index is 6.06. The van der Waals surface area contributed by atoms with Crippen LogP contribution in [0.3, 0.4) is 0 Å². The fraction of sp³-hybridized carbons (Fsp3) is 0.562. The van der Waals surface area contributed by atoms with Gasteiger partial charge in [0.25, 0.3) is 0 Å². The van der Waals surface area contributed by atoms with Crippen molar-refractivity contribution in [3.05, 3.63) is 29.6 Å². The highest BCUT2D eigenvalue weighted by Gasteiger charge is 2.22. The van der Waals surface area contributed by atoms with Crippen LogP contribution in [0, 0.1) is 18.3 Å². The predicted molar refractivity (Wildman–Crippen MR) is 82.6 cm³/mol. The lowest BCUT2D eigenvalue weighted by molar-refractivity contribution is 0.233. The van der Waals surface area contributed by atoms with Gasteiger partial charge >= 0.3 is 0 Å². The number of fused-ring (bicyclic) bond motifs is 1. The molecule has 0 aliphatic carbocycles. The summed E-state index contributed by atoms with van der Waals surface area (Å²) in [7, 11) is 0. The van der Waals surface area contributed by atoms with Crippen LogP contribution in [0.2, 0.25) is 0 Å². The Morgan fingerprint density at radius 1 is 1.32 bits per heavy atom. The number of aryl methyl sites for hydroxylation is 1. The normalized spacial score (nSPS) is 14.0. The summed E-state index contributed by atoms with van der Waals surface area (Å²) in [5, 5.41) is 0. The van der Waals surface area contributed by atoms with Crippen LogP contribution < -0.4 is 0 Å². The largest absolute Gasteiger partial charge is 0.327 e.